The second-order valence-corrected chi connectivity index (χ2v) is 7.33. The molecule has 0 saturated heterocycles. The lowest BCUT2D eigenvalue weighted by Gasteiger charge is -2.26. The van der Waals surface area contributed by atoms with Crippen molar-refractivity contribution in [2.24, 2.45) is 5.92 Å². The van der Waals surface area contributed by atoms with Crippen molar-refractivity contribution in [2.45, 2.75) is 45.2 Å². The maximum Gasteiger partial charge on any atom is 0.261 e. The molecule has 1 fully saturated rings. The molecule has 7 heteroatoms. The Morgan fingerprint density at radius 1 is 1.29 bits per heavy atom. The highest BCUT2D eigenvalue weighted by Gasteiger charge is 2.20. The molecule has 0 atom stereocenters. The number of hydrogen-bond acceptors (Lipinski definition) is 3. The van der Waals surface area contributed by atoms with Gasteiger partial charge in [0.15, 0.2) is 0 Å². The van der Waals surface area contributed by atoms with Crippen LogP contribution >= 0.6 is 23.2 Å². The van der Waals surface area contributed by atoms with Gasteiger partial charge < -0.3 is 5.32 Å². The number of benzene rings is 1. The van der Waals surface area contributed by atoms with Gasteiger partial charge in [-0.25, -0.2) is 4.98 Å². The Bertz CT molecular complexity index is 826. The van der Waals surface area contributed by atoms with E-state index in [-0.39, 0.29) is 24.1 Å². The van der Waals surface area contributed by atoms with Gasteiger partial charge in [-0.3, -0.25) is 14.2 Å². The summed E-state index contributed by atoms with van der Waals surface area (Å²) < 4.78 is 1.29. The first-order valence-electron chi connectivity index (χ1n) is 8.07. The molecular formula is C17H19Cl2N3O2. The van der Waals surface area contributed by atoms with E-state index in [1.165, 1.54) is 17.0 Å². The quantitative estimate of drug-likeness (QED) is 0.903. The van der Waals surface area contributed by atoms with Crippen LogP contribution in [0.2, 0.25) is 10.0 Å². The summed E-state index contributed by atoms with van der Waals surface area (Å²) in [6.45, 7) is 2.17. The minimum atomic E-state index is -0.322. The smallest absolute Gasteiger partial charge is 0.261 e. The van der Waals surface area contributed by atoms with Gasteiger partial charge in [0, 0.05) is 11.1 Å². The van der Waals surface area contributed by atoms with E-state index < -0.39 is 0 Å². The summed E-state index contributed by atoms with van der Waals surface area (Å²) in [5, 5.41) is 4.01. The largest absolute Gasteiger partial charge is 0.352 e. The summed E-state index contributed by atoms with van der Waals surface area (Å²) in [6.07, 6.45) is 5.58. The standard InChI is InChI=1S/C17H19Cl2N3O2/c1-10-2-4-12(5-3-10)21-15(23)8-22-9-20-16-13(17(22)24)6-11(18)7-14(16)19/h6-7,9-10,12H,2-5,8H2,1H3,(H,21,23). The lowest BCUT2D eigenvalue weighted by atomic mass is 9.87. The fourth-order valence-corrected chi connectivity index (χ4v) is 3.68. The van der Waals surface area contributed by atoms with Crippen LogP contribution in [-0.4, -0.2) is 21.5 Å². The molecule has 3 rings (SSSR count). The summed E-state index contributed by atoms with van der Waals surface area (Å²) in [5.41, 5.74) is 0.0702. The van der Waals surface area contributed by atoms with E-state index in [2.05, 4.69) is 17.2 Å². The Hall–Kier alpha value is -1.59. The molecule has 1 aliphatic carbocycles. The van der Waals surface area contributed by atoms with Crippen molar-refractivity contribution in [3.63, 3.8) is 0 Å². The third-order valence-electron chi connectivity index (χ3n) is 4.54. The van der Waals surface area contributed by atoms with Gasteiger partial charge in [-0.1, -0.05) is 30.1 Å². The fourth-order valence-electron chi connectivity index (χ4n) is 3.14. The number of nitrogens with one attached hydrogen (secondary N) is 1. The summed E-state index contributed by atoms with van der Waals surface area (Å²) in [7, 11) is 0. The molecule has 0 aliphatic heterocycles. The first-order chi connectivity index (χ1) is 11.4. The second kappa shape index (κ2) is 7.11. The van der Waals surface area contributed by atoms with E-state index in [4.69, 9.17) is 23.2 Å². The van der Waals surface area contributed by atoms with Gasteiger partial charge in [-0.2, -0.15) is 0 Å². The summed E-state index contributed by atoms with van der Waals surface area (Å²) >= 11 is 12.0. The van der Waals surface area contributed by atoms with E-state index in [9.17, 15) is 9.59 Å². The highest BCUT2D eigenvalue weighted by molar-refractivity contribution is 6.38. The van der Waals surface area contributed by atoms with E-state index in [1.54, 1.807) is 6.07 Å². The Kier molecular flexibility index (Phi) is 5.11. The highest BCUT2D eigenvalue weighted by Crippen LogP contribution is 2.24. The molecule has 1 aromatic carbocycles. The van der Waals surface area contributed by atoms with E-state index in [1.807, 2.05) is 0 Å². The first kappa shape index (κ1) is 17.2. The van der Waals surface area contributed by atoms with Crippen LogP contribution in [-0.2, 0) is 11.3 Å². The van der Waals surface area contributed by atoms with E-state index >= 15 is 0 Å². The molecule has 1 saturated carbocycles. The minimum Gasteiger partial charge on any atom is -0.352 e. The van der Waals surface area contributed by atoms with Crippen molar-refractivity contribution in [1.29, 1.82) is 0 Å². The molecule has 1 N–H and O–H groups in total. The number of rotatable bonds is 3. The van der Waals surface area contributed by atoms with Crippen LogP contribution in [0.15, 0.2) is 23.3 Å². The van der Waals surface area contributed by atoms with Crippen LogP contribution in [0.4, 0.5) is 0 Å². The van der Waals surface area contributed by atoms with Gasteiger partial charge in [0.05, 0.1) is 22.3 Å². The molecule has 0 spiro atoms. The molecule has 1 aliphatic rings. The van der Waals surface area contributed by atoms with Crippen LogP contribution in [0.5, 0.6) is 0 Å². The maximum absolute atomic E-state index is 12.5. The summed E-state index contributed by atoms with van der Waals surface area (Å²) in [6, 6.07) is 3.26. The molecule has 5 nitrogen and oxygen atoms in total. The monoisotopic (exact) mass is 367 g/mol. The van der Waals surface area contributed by atoms with Gasteiger partial charge in [0.25, 0.3) is 5.56 Å². The lowest BCUT2D eigenvalue weighted by Crippen LogP contribution is -2.40. The van der Waals surface area contributed by atoms with Crippen molar-refractivity contribution in [2.75, 3.05) is 0 Å². The number of aromatic nitrogens is 2. The van der Waals surface area contributed by atoms with Crippen molar-refractivity contribution < 1.29 is 4.79 Å². The molecule has 0 bridgehead atoms. The second-order valence-electron chi connectivity index (χ2n) is 6.49. The van der Waals surface area contributed by atoms with Crippen LogP contribution in [0.25, 0.3) is 10.9 Å². The third kappa shape index (κ3) is 3.73. The molecule has 24 heavy (non-hydrogen) atoms. The molecule has 0 unspecified atom stereocenters. The number of amides is 1. The predicted octanol–water partition coefficient (Wildman–Crippen LogP) is 3.40. The van der Waals surface area contributed by atoms with Crippen molar-refractivity contribution >= 4 is 40.0 Å². The number of carbonyl (C=O) groups is 1. The van der Waals surface area contributed by atoms with Gasteiger partial charge in [-0.15, -0.1) is 0 Å². The molecule has 0 radical (unpaired) electrons. The Labute approximate surface area is 150 Å². The average molecular weight is 368 g/mol. The number of fused-ring (bicyclic) bond motifs is 1. The Morgan fingerprint density at radius 3 is 2.71 bits per heavy atom. The molecule has 1 aromatic heterocycles. The number of nitrogens with zero attached hydrogens (tertiary/aromatic N) is 2. The highest BCUT2D eigenvalue weighted by atomic mass is 35.5. The molecule has 2 aromatic rings. The molecule has 128 valence electrons. The third-order valence-corrected chi connectivity index (χ3v) is 5.05. The predicted molar refractivity (Wildman–Crippen MR) is 95.6 cm³/mol. The van der Waals surface area contributed by atoms with Crippen molar-refractivity contribution in [3.05, 3.63) is 38.9 Å². The molecule has 1 heterocycles. The van der Waals surface area contributed by atoms with Gasteiger partial charge >= 0.3 is 0 Å². The minimum absolute atomic E-state index is 0.0576. The molecular weight excluding hydrogens is 349 g/mol. The first-order valence-corrected chi connectivity index (χ1v) is 8.83. The van der Waals surface area contributed by atoms with E-state index in [0.717, 1.165) is 31.6 Å². The van der Waals surface area contributed by atoms with Crippen LogP contribution < -0.4 is 10.9 Å². The number of halogens is 2. The zero-order valence-electron chi connectivity index (χ0n) is 13.4. The fraction of sp³-hybridized carbons (Fsp3) is 0.471. The average Bonchev–Trinajstić information content (AvgIpc) is 2.53. The Morgan fingerprint density at radius 2 is 2.00 bits per heavy atom. The zero-order chi connectivity index (χ0) is 17.3. The number of hydrogen-bond donors (Lipinski definition) is 1. The van der Waals surface area contributed by atoms with E-state index in [0.29, 0.717) is 20.9 Å². The Balaban J connectivity index is 1.76. The molecule has 1 amide bonds. The zero-order valence-corrected chi connectivity index (χ0v) is 14.9. The van der Waals surface area contributed by atoms with Gasteiger partial charge in [0.2, 0.25) is 5.91 Å². The SMILES string of the molecule is CC1CCC(NC(=O)Cn2cnc3c(Cl)cc(Cl)cc3c2=O)CC1. The van der Waals surface area contributed by atoms with Crippen LogP contribution in [0.1, 0.15) is 32.6 Å². The van der Waals surface area contributed by atoms with Gasteiger partial charge in [-0.05, 0) is 43.7 Å². The lowest BCUT2D eigenvalue weighted by molar-refractivity contribution is -0.122. The normalized spacial score (nSPS) is 21.0. The van der Waals surface area contributed by atoms with Crippen LogP contribution in [0, 0.1) is 5.92 Å². The van der Waals surface area contributed by atoms with Crippen molar-refractivity contribution in [3.8, 4) is 0 Å². The topological polar surface area (TPSA) is 64.0 Å². The van der Waals surface area contributed by atoms with Crippen LogP contribution in [0.3, 0.4) is 0 Å². The van der Waals surface area contributed by atoms with Gasteiger partial charge in [0.1, 0.15) is 6.54 Å². The maximum atomic E-state index is 12.5. The van der Waals surface area contributed by atoms with Crippen molar-refractivity contribution in [1.82, 2.24) is 14.9 Å². The number of carbonyl (C=O) groups excluding carboxylic acids is 1. The summed E-state index contributed by atoms with van der Waals surface area (Å²) in [4.78, 5) is 28.9. The summed E-state index contributed by atoms with van der Waals surface area (Å²) in [5.74, 6) is 0.547.